The molecule has 0 atom stereocenters. The van der Waals surface area contributed by atoms with Gasteiger partial charge in [-0.15, -0.1) is 0 Å². The van der Waals surface area contributed by atoms with E-state index in [1.807, 2.05) is 0 Å². The monoisotopic (exact) mass is 378 g/mol. The molecule has 0 aromatic heterocycles. The van der Waals surface area contributed by atoms with Crippen molar-refractivity contribution < 1.29 is 16.8 Å². The number of hydrogen-bond acceptors (Lipinski definition) is 6. The van der Waals surface area contributed by atoms with E-state index >= 15 is 0 Å². The Labute approximate surface area is 136 Å². The Balaban J connectivity index is 2.18. The van der Waals surface area contributed by atoms with Gasteiger partial charge in [-0.2, -0.15) is 10.2 Å². The first-order valence-corrected chi connectivity index (χ1v) is 10.3. The van der Waals surface area contributed by atoms with Crippen LogP contribution in [-0.4, -0.2) is 16.8 Å². The molecule has 0 aliphatic heterocycles. The molecule has 10 heteroatoms. The van der Waals surface area contributed by atoms with Crippen molar-refractivity contribution in [3.05, 3.63) is 48.5 Å². The van der Waals surface area contributed by atoms with Crippen molar-refractivity contribution in [2.45, 2.75) is 9.79 Å². The van der Waals surface area contributed by atoms with Crippen LogP contribution in [0, 0.1) is 0 Å². The molecule has 2 rings (SSSR count). The van der Waals surface area contributed by atoms with E-state index in [4.69, 9.17) is 21.4 Å². The SMILES string of the molecule is O=S(=O)(Cl)c1ccc(N=Nc2ccc(S(=O)(=O)Cl)cc2)cc1. The molecule has 0 radical (unpaired) electrons. The fraction of sp³-hybridized carbons (Fsp3) is 0. The van der Waals surface area contributed by atoms with Crippen molar-refractivity contribution in [2.24, 2.45) is 10.2 Å². The van der Waals surface area contributed by atoms with E-state index in [1.54, 1.807) is 0 Å². The molecule has 0 saturated carbocycles. The highest BCUT2D eigenvalue weighted by Gasteiger charge is 2.09. The van der Waals surface area contributed by atoms with Crippen LogP contribution in [0.15, 0.2) is 68.6 Å². The van der Waals surface area contributed by atoms with E-state index in [2.05, 4.69) is 10.2 Å². The molecule has 0 aliphatic rings. The van der Waals surface area contributed by atoms with Crippen molar-refractivity contribution in [1.29, 1.82) is 0 Å². The molecule has 2 aromatic carbocycles. The van der Waals surface area contributed by atoms with Crippen LogP contribution < -0.4 is 0 Å². The lowest BCUT2D eigenvalue weighted by Gasteiger charge is -1.98. The van der Waals surface area contributed by atoms with Crippen molar-refractivity contribution in [1.82, 2.24) is 0 Å². The lowest BCUT2D eigenvalue weighted by Crippen LogP contribution is -1.88. The minimum Gasteiger partial charge on any atom is -0.207 e. The Morgan fingerprint density at radius 2 is 0.864 bits per heavy atom. The lowest BCUT2D eigenvalue weighted by molar-refractivity contribution is 0.608. The second-order valence-corrected chi connectivity index (χ2v) is 9.20. The maximum absolute atomic E-state index is 11.1. The summed E-state index contributed by atoms with van der Waals surface area (Å²) in [6, 6.07) is 11.0. The Bertz CT molecular complexity index is 829. The van der Waals surface area contributed by atoms with Crippen LogP contribution in [0.25, 0.3) is 0 Å². The van der Waals surface area contributed by atoms with Crippen LogP contribution in [0.3, 0.4) is 0 Å². The summed E-state index contributed by atoms with van der Waals surface area (Å²) in [6.45, 7) is 0. The summed E-state index contributed by atoms with van der Waals surface area (Å²) in [5.74, 6) is 0. The average molecular weight is 379 g/mol. The van der Waals surface area contributed by atoms with Crippen LogP contribution in [0.2, 0.25) is 0 Å². The van der Waals surface area contributed by atoms with Crippen LogP contribution in [0.4, 0.5) is 11.4 Å². The second-order valence-electron chi connectivity index (χ2n) is 4.06. The number of rotatable bonds is 4. The van der Waals surface area contributed by atoms with Gasteiger partial charge in [0.25, 0.3) is 18.1 Å². The predicted molar refractivity (Wildman–Crippen MR) is 83.1 cm³/mol. The molecule has 0 unspecified atom stereocenters. The third-order valence-electron chi connectivity index (χ3n) is 2.52. The molecule has 22 heavy (non-hydrogen) atoms. The summed E-state index contributed by atoms with van der Waals surface area (Å²) in [4.78, 5) is -0.0745. The molecular weight excluding hydrogens is 371 g/mol. The van der Waals surface area contributed by atoms with E-state index in [9.17, 15) is 16.8 Å². The number of hydrogen-bond donors (Lipinski definition) is 0. The molecule has 0 heterocycles. The minimum absolute atomic E-state index is 0.0372. The quantitative estimate of drug-likeness (QED) is 0.594. The van der Waals surface area contributed by atoms with Gasteiger partial charge in [-0.3, -0.25) is 0 Å². The van der Waals surface area contributed by atoms with Crippen LogP contribution in [0.5, 0.6) is 0 Å². The average Bonchev–Trinajstić information content (AvgIpc) is 2.44. The molecule has 0 N–H and O–H groups in total. The fourth-order valence-electron chi connectivity index (χ4n) is 1.47. The van der Waals surface area contributed by atoms with Gasteiger partial charge in [0.15, 0.2) is 0 Å². The standard InChI is InChI=1S/C12H8Cl2N2O4S2/c13-21(17,18)11-5-1-9(2-6-11)15-16-10-3-7-12(8-4-10)22(14,19)20/h1-8H. The highest BCUT2D eigenvalue weighted by atomic mass is 35.7. The first-order chi connectivity index (χ1) is 10.2. The van der Waals surface area contributed by atoms with E-state index in [-0.39, 0.29) is 9.79 Å². The van der Waals surface area contributed by atoms with Gasteiger partial charge in [0, 0.05) is 21.4 Å². The van der Waals surface area contributed by atoms with Gasteiger partial charge in [0.1, 0.15) is 0 Å². The van der Waals surface area contributed by atoms with Gasteiger partial charge < -0.3 is 0 Å². The van der Waals surface area contributed by atoms with E-state index in [1.165, 1.54) is 48.5 Å². The smallest absolute Gasteiger partial charge is 0.207 e. The minimum atomic E-state index is -3.77. The number of nitrogens with zero attached hydrogens (tertiary/aromatic N) is 2. The molecular formula is C12H8Cl2N2O4S2. The molecule has 0 spiro atoms. The Morgan fingerprint density at radius 1 is 0.591 bits per heavy atom. The van der Waals surface area contributed by atoms with Crippen LogP contribution >= 0.6 is 21.4 Å². The zero-order valence-electron chi connectivity index (χ0n) is 10.7. The molecule has 0 amide bonds. The highest BCUT2D eigenvalue weighted by molar-refractivity contribution is 8.14. The van der Waals surface area contributed by atoms with E-state index in [0.717, 1.165) is 0 Å². The van der Waals surface area contributed by atoms with Gasteiger partial charge in [0.2, 0.25) is 0 Å². The molecule has 0 bridgehead atoms. The zero-order chi connectivity index (χ0) is 16.4. The number of azo groups is 1. The Hall–Kier alpha value is -1.48. The van der Waals surface area contributed by atoms with Crippen molar-refractivity contribution in [3.63, 3.8) is 0 Å². The predicted octanol–water partition coefficient (Wildman–Crippen LogP) is 3.96. The Kier molecular flexibility index (Phi) is 4.86. The largest absolute Gasteiger partial charge is 0.261 e. The summed E-state index contributed by atoms with van der Waals surface area (Å²) in [5.41, 5.74) is 0.830. The summed E-state index contributed by atoms with van der Waals surface area (Å²) in [5, 5.41) is 7.79. The summed E-state index contributed by atoms with van der Waals surface area (Å²) in [6.07, 6.45) is 0. The molecule has 2 aromatic rings. The molecule has 116 valence electrons. The van der Waals surface area contributed by atoms with Crippen molar-refractivity contribution >= 4 is 50.8 Å². The molecule has 0 fully saturated rings. The maximum Gasteiger partial charge on any atom is 0.261 e. The first kappa shape index (κ1) is 16.9. The second kappa shape index (κ2) is 6.33. The van der Waals surface area contributed by atoms with Gasteiger partial charge in [0.05, 0.1) is 21.2 Å². The molecule has 0 aliphatic carbocycles. The van der Waals surface area contributed by atoms with E-state index in [0.29, 0.717) is 11.4 Å². The van der Waals surface area contributed by atoms with Gasteiger partial charge in [-0.1, -0.05) is 0 Å². The fourth-order valence-corrected chi connectivity index (χ4v) is 3.01. The Morgan fingerprint density at radius 3 is 1.09 bits per heavy atom. The highest BCUT2D eigenvalue weighted by Crippen LogP contribution is 2.23. The van der Waals surface area contributed by atoms with Crippen molar-refractivity contribution in [2.75, 3.05) is 0 Å². The van der Waals surface area contributed by atoms with E-state index < -0.39 is 18.1 Å². The topological polar surface area (TPSA) is 93.0 Å². The normalized spacial score (nSPS) is 12.6. The maximum atomic E-state index is 11.1. The van der Waals surface area contributed by atoms with Crippen molar-refractivity contribution in [3.8, 4) is 0 Å². The summed E-state index contributed by atoms with van der Waals surface area (Å²) < 4.78 is 44.4. The number of halogens is 2. The summed E-state index contributed by atoms with van der Waals surface area (Å²) >= 11 is 0. The third kappa shape index (κ3) is 4.51. The lowest BCUT2D eigenvalue weighted by atomic mass is 10.3. The molecule has 0 saturated heterocycles. The van der Waals surface area contributed by atoms with Crippen LogP contribution in [0.1, 0.15) is 0 Å². The first-order valence-electron chi connectivity index (χ1n) is 5.67. The van der Waals surface area contributed by atoms with Gasteiger partial charge in [-0.05, 0) is 48.5 Å². The van der Waals surface area contributed by atoms with Crippen LogP contribution in [-0.2, 0) is 18.1 Å². The van der Waals surface area contributed by atoms with Gasteiger partial charge in [-0.25, -0.2) is 16.8 Å². The molecule has 6 nitrogen and oxygen atoms in total. The van der Waals surface area contributed by atoms with Gasteiger partial charge >= 0.3 is 0 Å². The zero-order valence-corrected chi connectivity index (χ0v) is 13.9. The summed E-state index contributed by atoms with van der Waals surface area (Å²) in [7, 11) is 2.84. The third-order valence-corrected chi connectivity index (χ3v) is 5.26. The number of benzene rings is 2.